The molecular weight excluding hydrogens is 238 g/mol. The van der Waals surface area contributed by atoms with Crippen LogP contribution in [0.1, 0.15) is 36.4 Å². The number of carboxylic acids is 1. The molecule has 1 N–H and O–H groups in total. The summed E-state index contributed by atoms with van der Waals surface area (Å²) in [7, 11) is 0. The van der Waals surface area contributed by atoms with Crippen LogP contribution in [0.4, 0.5) is 0 Å². The first-order valence-corrected chi connectivity index (χ1v) is 5.47. The number of furan rings is 1. The monoisotopic (exact) mass is 251 g/mol. The molecule has 6 nitrogen and oxygen atoms in total. The van der Waals surface area contributed by atoms with Gasteiger partial charge >= 0.3 is 5.97 Å². The van der Waals surface area contributed by atoms with Crippen LogP contribution in [0, 0.1) is 5.41 Å². The van der Waals surface area contributed by atoms with Gasteiger partial charge in [-0.1, -0.05) is 13.8 Å². The van der Waals surface area contributed by atoms with Gasteiger partial charge in [-0.25, -0.2) is 4.79 Å². The molecule has 0 radical (unpaired) electrons. The van der Waals surface area contributed by atoms with Crippen molar-refractivity contribution < 1.29 is 23.9 Å². The van der Waals surface area contributed by atoms with Gasteiger partial charge in [-0.2, -0.15) is 0 Å². The predicted molar refractivity (Wildman–Crippen MR) is 59.6 cm³/mol. The molecule has 0 bridgehead atoms. The Labute approximate surface area is 103 Å². The first kappa shape index (κ1) is 12.3. The van der Waals surface area contributed by atoms with Crippen molar-refractivity contribution in [3.8, 4) is 0 Å². The molecule has 2 rings (SSSR count). The Hall–Kier alpha value is -2.11. The van der Waals surface area contributed by atoms with Gasteiger partial charge in [-0.3, -0.25) is 14.5 Å². The second kappa shape index (κ2) is 3.97. The summed E-state index contributed by atoms with van der Waals surface area (Å²) in [5.74, 6) is -1.64. The summed E-state index contributed by atoms with van der Waals surface area (Å²) in [5, 5.41) is 8.91. The smallest absolute Gasteiger partial charge is 0.339 e. The van der Waals surface area contributed by atoms with Gasteiger partial charge in [0.25, 0.3) is 0 Å². The summed E-state index contributed by atoms with van der Waals surface area (Å²) in [6.45, 7) is 3.25. The van der Waals surface area contributed by atoms with Crippen molar-refractivity contribution >= 4 is 17.8 Å². The molecule has 0 aromatic carbocycles. The van der Waals surface area contributed by atoms with Gasteiger partial charge in [0, 0.05) is 6.42 Å². The van der Waals surface area contributed by atoms with E-state index in [1.54, 1.807) is 13.8 Å². The molecule has 1 fully saturated rings. The highest BCUT2D eigenvalue weighted by Crippen LogP contribution is 2.33. The van der Waals surface area contributed by atoms with E-state index < -0.39 is 11.4 Å². The molecule has 6 heteroatoms. The largest absolute Gasteiger partial charge is 0.478 e. The molecule has 0 saturated carbocycles. The zero-order chi connectivity index (χ0) is 13.5. The van der Waals surface area contributed by atoms with Crippen molar-refractivity contribution in [1.29, 1.82) is 0 Å². The maximum atomic E-state index is 12.0. The molecule has 1 saturated heterocycles. The minimum atomic E-state index is -1.14. The molecule has 1 aromatic heterocycles. The van der Waals surface area contributed by atoms with Crippen LogP contribution in [0.15, 0.2) is 16.7 Å². The second-order valence-corrected chi connectivity index (χ2v) is 4.91. The Kier molecular flexibility index (Phi) is 2.73. The first-order valence-electron chi connectivity index (χ1n) is 5.47. The number of carbonyl (C=O) groups is 3. The number of aromatic carboxylic acids is 1. The molecule has 0 spiro atoms. The van der Waals surface area contributed by atoms with Crippen LogP contribution in [0.3, 0.4) is 0 Å². The van der Waals surface area contributed by atoms with Gasteiger partial charge in [0.2, 0.25) is 11.8 Å². The lowest BCUT2D eigenvalue weighted by Crippen LogP contribution is -2.32. The molecule has 18 heavy (non-hydrogen) atoms. The molecule has 0 unspecified atom stereocenters. The maximum Gasteiger partial charge on any atom is 0.339 e. The third kappa shape index (κ3) is 1.90. The topological polar surface area (TPSA) is 87.8 Å². The highest BCUT2D eigenvalue weighted by Gasteiger charge is 2.45. The number of amides is 2. The van der Waals surface area contributed by atoms with Crippen molar-refractivity contribution in [1.82, 2.24) is 4.90 Å². The third-order valence-electron chi connectivity index (χ3n) is 3.00. The number of hydrogen-bond donors (Lipinski definition) is 1. The zero-order valence-corrected chi connectivity index (χ0v) is 10.1. The average molecular weight is 251 g/mol. The Morgan fingerprint density at radius 3 is 2.67 bits per heavy atom. The van der Waals surface area contributed by atoms with Crippen LogP contribution >= 0.6 is 0 Å². The van der Waals surface area contributed by atoms with E-state index in [4.69, 9.17) is 9.52 Å². The van der Waals surface area contributed by atoms with E-state index >= 15 is 0 Å². The summed E-state index contributed by atoms with van der Waals surface area (Å²) in [4.78, 5) is 35.6. The Morgan fingerprint density at radius 2 is 2.17 bits per heavy atom. The quantitative estimate of drug-likeness (QED) is 0.817. The molecule has 2 heterocycles. The van der Waals surface area contributed by atoms with E-state index in [2.05, 4.69) is 0 Å². The van der Waals surface area contributed by atoms with Gasteiger partial charge in [-0.15, -0.1) is 0 Å². The van der Waals surface area contributed by atoms with Crippen molar-refractivity contribution in [2.75, 3.05) is 0 Å². The molecule has 1 aliphatic heterocycles. The fourth-order valence-electron chi connectivity index (χ4n) is 1.98. The summed E-state index contributed by atoms with van der Waals surface area (Å²) < 4.78 is 5.03. The van der Waals surface area contributed by atoms with E-state index in [0.717, 1.165) is 4.90 Å². The first-order chi connectivity index (χ1) is 8.33. The summed E-state index contributed by atoms with van der Waals surface area (Å²) in [6, 6.07) is 1.30. The van der Waals surface area contributed by atoms with Crippen molar-refractivity contribution in [2.24, 2.45) is 5.41 Å². The minimum absolute atomic E-state index is 0.0275. The van der Waals surface area contributed by atoms with Crippen molar-refractivity contribution in [3.63, 3.8) is 0 Å². The molecule has 96 valence electrons. The molecular formula is C12H13NO5. The SMILES string of the molecule is CC1(C)CC(=O)N(Cc2occc2C(=O)O)C1=O. The summed E-state index contributed by atoms with van der Waals surface area (Å²) in [5.41, 5.74) is -0.757. The number of imide groups is 1. The lowest BCUT2D eigenvalue weighted by molar-refractivity contribution is -0.141. The van der Waals surface area contributed by atoms with Gasteiger partial charge in [0.05, 0.1) is 18.2 Å². The summed E-state index contributed by atoms with van der Waals surface area (Å²) >= 11 is 0. The van der Waals surface area contributed by atoms with Crippen molar-refractivity contribution in [2.45, 2.75) is 26.8 Å². The lowest BCUT2D eigenvalue weighted by Gasteiger charge is -2.16. The average Bonchev–Trinajstić information content (AvgIpc) is 2.78. The number of rotatable bonds is 3. The summed E-state index contributed by atoms with van der Waals surface area (Å²) in [6.07, 6.45) is 1.36. The molecule has 0 aliphatic carbocycles. The highest BCUT2D eigenvalue weighted by atomic mass is 16.4. The van der Waals surface area contributed by atoms with E-state index in [9.17, 15) is 14.4 Å². The molecule has 0 atom stereocenters. The Bertz CT molecular complexity index is 528. The fraction of sp³-hybridized carbons (Fsp3) is 0.417. The fourth-order valence-corrected chi connectivity index (χ4v) is 1.98. The highest BCUT2D eigenvalue weighted by molar-refractivity contribution is 6.05. The van der Waals surface area contributed by atoms with Gasteiger partial charge in [0.15, 0.2) is 0 Å². The number of likely N-dealkylation sites (tertiary alicyclic amines) is 1. The number of hydrogen-bond acceptors (Lipinski definition) is 4. The van der Waals surface area contributed by atoms with Crippen LogP contribution in [-0.4, -0.2) is 27.8 Å². The van der Waals surface area contributed by atoms with Gasteiger partial charge < -0.3 is 9.52 Å². The minimum Gasteiger partial charge on any atom is -0.478 e. The van der Waals surface area contributed by atoms with E-state index in [1.165, 1.54) is 12.3 Å². The third-order valence-corrected chi connectivity index (χ3v) is 3.00. The molecule has 2 amide bonds. The lowest BCUT2D eigenvalue weighted by atomic mass is 9.92. The Morgan fingerprint density at radius 1 is 1.50 bits per heavy atom. The predicted octanol–water partition coefficient (Wildman–Crippen LogP) is 1.26. The molecule has 1 aliphatic rings. The number of carbonyl (C=O) groups excluding carboxylic acids is 2. The van der Waals surface area contributed by atoms with Gasteiger partial charge in [0.1, 0.15) is 11.3 Å². The molecule has 1 aromatic rings. The van der Waals surface area contributed by atoms with Crippen LogP contribution in [-0.2, 0) is 16.1 Å². The van der Waals surface area contributed by atoms with Crippen LogP contribution in [0.5, 0.6) is 0 Å². The van der Waals surface area contributed by atoms with Crippen LogP contribution in [0.25, 0.3) is 0 Å². The standard InChI is InChI=1S/C12H13NO5/c1-12(2)5-9(14)13(11(12)17)6-8-7(10(15)16)3-4-18-8/h3-4H,5-6H2,1-2H3,(H,15,16). The van der Waals surface area contributed by atoms with E-state index in [0.29, 0.717) is 0 Å². The van der Waals surface area contributed by atoms with Crippen LogP contribution < -0.4 is 0 Å². The van der Waals surface area contributed by atoms with E-state index in [1.807, 2.05) is 0 Å². The van der Waals surface area contributed by atoms with Crippen molar-refractivity contribution in [3.05, 3.63) is 23.7 Å². The Balaban J connectivity index is 2.25. The number of nitrogens with zero attached hydrogens (tertiary/aromatic N) is 1. The second-order valence-electron chi connectivity index (χ2n) is 4.91. The van der Waals surface area contributed by atoms with E-state index in [-0.39, 0.29) is 36.1 Å². The van der Waals surface area contributed by atoms with Crippen LogP contribution in [0.2, 0.25) is 0 Å². The van der Waals surface area contributed by atoms with Gasteiger partial charge in [-0.05, 0) is 6.07 Å². The normalized spacial score (nSPS) is 18.4. The maximum absolute atomic E-state index is 12.0. The number of carboxylic acid groups (broad SMARTS) is 1. The zero-order valence-electron chi connectivity index (χ0n) is 10.1.